The zero-order chi connectivity index (χ0) is 13.1. The lowest BCUT2D eigenvalue weighted by Gasteiger charge is -2.04. The second-order valence-electron chi connectivity index (χ2n) is 3.74. The molecule has 0 amide bonds. The fraction of sp³-hybridized carbons (Fsp3) is 0.154. The molecule has 2 aromatic rings. The molecule has 4 nitrogen and oxygen atoms in total. The molecule has 5 heteroatoms. The van der Waals surface area contributed by atoms with Crippen molar-refractivity contribution in [2.45, 2.75) is 6.92 Å². The third-order valence-electron chi connectivity index (χ3n) is 2.52. The number of rotatable bonds is 3. The van der Waals surface area contributed by atoms with Gasteiger partial charge in [-0.15, -0.1) is 0 Å². The van der Waals surface area contributed by atoms with E-state index in [9.17, 15) is 4.79 Å². The van der Waals surface area contributed by atoms with E-state index in [2.05, 4.69) is 9.97 Å². The molecule has 0 unspecified atom stereocenters. The Bertz CT molecular complexity index is 599. The first-order chi connectivity index (χ1) is 8.61. The maximum Gasteiger partial charge on any atom is 0.216 e. The molecule has 0 N–H and O–H groups in total. The number of hydrogen-bond acceptors (Lipinski definition) is 4. The Balaban J connectivity index is 2.38. The van der Waals surface area contributed by atoms with Crippen LogP contribution in [0.25, 0.3) is 0 Å². The number of carbonyl (C=O) groups is 1. The largest absolute Gasteiger partial charge is 0.481 e. The van der Waals surface area contributed by atoms with Gasteiger partial charge in [-0.3, -0.25) is 4.79 Å². The molecule has 0 radical (unpaired) electrons. The lowest BCUT2D eigenvalue weighted by Crippen LogP contribution is -2.05. The van der Waals surface area contributed by atoms with Crippen LogP contribution in [0.15, 0.2) is 30.6 Å². The molecule has 0 atom stereocenters. The fourth-order valence-corrected chi connectivity index (χ4v) is 1.64. The van der Waals surface area contributed by atoms with E-state index in [1.807, 2.05) is 6.92 Å². The Morgan fingerprint density at radius 1 is 1.28 bits per heavy atom. The van der Waals surface area contributed by atoms with Gasteiger partial charge in [-0.1, -0.05) is 23.7 Å². The molecule has 0 saturated carbocycles. The van der Waals surface area contributed by atoms with Gasteiger partial charge in [-0.25, -0.2) is 9.97 Å². The molecule has 0 fully saturated rings. The average molecular weight is 263 g/mol. The molecule has 0 saturated heterocycles. The number of nitrogens with zero attached hydrogens (tertiary/aromatic N) is 2. The van der Waals surface area contributed by atoms with E-state index >= 15 is 0 Å². The summed E-state index contributed by atoms with van der Waals surface area (Å²) in [6.07, 6.45) is 1.29. The van der Waals surface area contributed by atoms with Crippen LogP contribution < -0.4 is 4.74 Å². The molecule has 0 bridgehead atoms. The third kappa shape index (κ3) is 2.49. The Kier molecular flexibility index (Phi) is 3.58. The number of hydrogen-bond donors (Lipinski definition) is 0. The quantitative estimate of drug-likeness (QED) is 0.798. The molecule has 18 heavy (non-hydrogen) atoms. The third-order valence-corrected chi connectivity index (χ3v) is 2.92. The lowest BCUT2D eigenvalue weighted by atomic mass is 10.1. The van der Waals surface area contributed by atoms with Gasteiger partial charge in [0.2, 0.25) is 11.7 Å². The SMILES string of the molecule is COc1cc(C(=O)c2ccc(C)c(Cl)c2)ncn1. The van der Waals surface area contributed by atoms with E-state index in [4.69, 9.17) is 16.3 Å². The zero-order valence-corrected chi connectivity index (χ0v) is 10.7. The smallest absolute Gasteiger partial charge is 0.216 e. The monoisotopic (exact) mass is 262 g/mol. The van der Waals surface area contributed by atoms with Gasteiger partial charge in [0.25, 0.3) is 0 Å². The molecule has 0 aliphatic rings. The zero-order valence-electron chi connectivity index (χ0n) is 9.98. The Labute approximate surface area is 110 Å². The van der Waals surface area contributed by atoms with E-state index in [1.54, 1.807) is 18.2 Å². The van der Waals surface area contributed by atoms with Crippen LogP contribution in [0.3, 0.4) is 0 Å². The highest BCUT2D eigenvalue weighted by atomic mass is 35.5. The summed E-state index contributed by atoms with van der Waals surface area (Å²) < 4.78 is 4.95. The van der Waals surface area contributed by atoms with Crippen molar-refractivity contribution in [2.24, 2.45) is 0 Å². The molecule has 1 heterocycles. The normalized spacial score (nSPS) is 10.2. The van der Waals surface area contributed by atoms with E-state index in [1.165, 1.54) is 19.5 Å². The highest BCUT2D eigenvalue weighted by Crippen LogP contribution is 2.19. The van der Waals surface area contributed by atoms with Crippen molar-refractivity contribution in [2.75, 3.05) is 7.11 Å². The summed E-state index contributed by atoms with van der Waals surface area (Å²) in [5.41, 5.74) is 1.70. The maximum absolute atomic E-state index is 12.2. The van der Waals surface area contributed by atoms with Crippen LogP contribution in [0, 0.1) is 6.92 Å². The van der Waals surface area contributed by atoms with E-state index in [-0.39, 0.29) is 11.5 Å². The van der Waals surface area contributed by atoms with Gasteiger partial charge in [0.15, 0.2) is 0 Å². The summed E-state index contributed by atoms with van der Waals surface area (Å²) in [5.74, 6) is 0.143. The summed E-state index contributed by atoms with van der Waals surface area (Å²) in [6, 6.07) is 6.65. The van der Waals surface area contributed by atoms with Crippen LogP contribution in [0.2, 0.25) is 5.02 Å². The van der Waals surface area contributed by atoms with Crippen LogP contribution in [0.4, 0.5) is 0 Å². The number of ketones is 1. The van der Waals surface area contributed by atoms with Gasteiger partial charge in [-0.2, -0.15) is 0 Å². The van der Waals surface area contributed by atoms with Gasteiger partial charge < -0.3 is 4.74 Å². The Morgan fingerprint density at radius 2 is 2.06 bits per heavy atom. The average Bonchev–Trinajstić information content (AvgIpc) is 2.41. The van der Waals surface area contributed by atoms with E-state index in [0.717, 1.165) is 5.56 Å². The van der Waals surface area contributed by atoms with Crippen LogP contribution in [-0.4, -0.2) is 22.9 Å². The van der Waals surface area contributed by atoms with Crippen molar-refractivity contribution >= 4 is 17.4 Å². The van der Waals surface area contributed by atoms with Crippen LogP contribution in [-0.2, 0) is 0 Å². The first kappa shape index (κ1) is 12.5. The first-order valence-corrected chi connectivity index (χ1v) is 5.66. The number of aryl methyl sites for hydroxylation is 1. The summed E-state index contributed by atoms with van der Waals surface area (Å²) in [5, 5.41) is 0.557. The molecule has 1 aromatic carbocycles. The number of halogens is 1. The maximum atomic E-state index is 12.2. The Morgan fingerprint density at radius 3 is 2.72 bits per heavy atom. The molecular formula is C13H11ClN2O2. The number of ether oxygens (including phenoxy) is 1. The molecular weight excluding hydrogens is 252 g/mol. The molecule has 0 aliphatic heterocycles. The summed E-state index contributed by atoms with van der Waals surface area (Å²) >= 11 is 5.99. The van der Waals surface area contributed by atoms with E-state index in [0.29, 0.717) is 16.5 Å². The molecule has 0 spiro atoms. The minimum absolute atomic E-state index is 0.211. The second kappa shape index (κ2) is 5.14. The summed E-state index contributed by atoms with van der Waals surface area (Å²) in [6.45, 7) is 1.88. The van der Waals surface area contributed by atoms with Crippen LogP contribution >= 0.6 is 11.6 Å². The fourth-order valence-electron chi connectivity index (χ4n) is 1.46. The van der Waals surface area contributed by atoms with Gasteiger partial charge in [0, 0.05) is 16.7 Å². The van der Waals surface area contributed by atoms with Crippen LogP contribution in [0.1, 0.15) is 21.6 Å². The number of benzene rings is 1. The van der Waals surface area contributed by atoms with Crippen molar-refractivity contribution in [3.8, 4) is 5.88 Å². The molecule has 1 aromatic heterocycles. The topological polar surface area (TPSA) is 52.1 Å². The summed E-state index contributed by atoms with van der Waals surface area (Å²) in [4.78, 5) is 20.0. The van der Waals surface area contributed by atoms with Crippen molar-refractivity contribution < 1.29 is 9.53 Å². The number of methoxy groups -OCH3 is 1. The first-order valence-electron chi connectivity index (χ1n) is 5.28. The minimum atomic E-state index is -0.211. The highest BCUT2D eigenvalue weighted by Gasteiger charge is 2.12. The molecule has 2 rings (SSSR count). The van der Waals surface area contributed by atoms with Crippen molar-refractivity contribution in [1.82, 2.24) is 9.97 Å². The minimum Gasteiger partial charge on any atom is -0.481 e. The van der Waals surface area contributed by atoms with Gasteiger partial charge in [0.1, 0.15) is 12.0 Å². The summed E-state index contributed by atoms with van der Waals surface area (Å²) in [7, 11) is 1.49. The number of carbonyl (C=O) groups excluding carboxylic acids is 1. The lowest BCUT2D eigenvalue weighted by molar-refractivity contribution is 0.103. The Hall–Kier alpha value is -1.94. The van der Waals surface area contributed by atoms with Crippen LogP contribution in [0.5, 0.6) is 5.88 Å². The highest BCUT2D eigenvalue weighted by molar-refractivity contribution is 6.31. The van der Waals surface area contributed by atoms with Crippen molar-refractivity contribution in [3.05, 3.63) is 52.4 Å². The molecule has 0 aliphatic carbocycles. The van der Waals surface area contributed by atoms with Gasteiger partial charge in [0.05, 0.1) is 7.11 Å². The second-order valence-corrected chi connectivity index (χ2v) is 4.15. The van der Waals surface area contributed by atoms with Gasteiger partial charge in [-0.05, 0) is 18.6 Å². The molecule has 92 valence electrons. The van der Waals surface area contributed by atoms with E-state index < -0.39 is 0 Å². The predicted molar refractivity (Wildman–Crippen MR) is 68.2 cm³/mol. The van der Waals surface area contributed by atoms with Crippen molar-refractivity contribution in [3.63, 3.8) is 0 Å². The number of aromatic nitrogens is 2. The van der Waals surface area contributed by atoms with Gasteiger partial charge >= 0.3 is 0 Å². The predicted octanol–water partition coefficient (Wildman–Crippen LogP) is 2.68. The van der Waals surface area contributed by atoms with Crippen molar-refractivity contribution in [1.29, 1.82) is 0 Å². The standard InChI is InChI=1S/C13H11ClN2O2/c1-8-3-4-9(5-10(8)14)13(17)11-6-12(18-2)16-7-15-11/h3-7H,1-2H3.